The van der Waals surface area contributed by atoms with E-state index in [-0.39, 0.29) is 31.1 Å². The van der Waals surface area contributed by atoms with Crippen LogP contribution < -0.4 is 14.8 Å². The van der Waals surface area contributed by atoms with Gasteiger partial charge < -0.3 is 25.0 Å². The molecular weight excluding hydrogens is 526 g/mol. The summed E-state index contributed by atoms with van der Waals surface area (Å²) in [5.74, 6) is 1.35. The Kier molecular flexibility index (Phi) is 8.51. The highest BCUT2D eigenvalue weighted by atomic mass is 35.5. The number of hydrogen-bond acceptors (Lipinski definition) is 7. The molecule has 0 bridgehead atoms. The zero-order chi connectivity index (χ0) is 28.1. The number of pyridine rings is 1. The van der Waals surface area contributed by atoms with Crippen LogP contribution in [0.25, 0.3) is 11.1 Å². The van der Waals surface area contributed by atoms with Crippen LogP contribution in [0.2, 0.25) is 5.02 Å². The fraction of sp³-hybridized carbons (Fsp3) is 0.250. The van der Waals surface area contributed by atoms with Crippen molar-refractivity contribution in [2.24, 2.45) is 0 Å². The highest BCUT2D eigenvalue weighted by Gasteiger charge is 2.27. The fourth-order valence-electron chi connectivity index (χ4n) is 4.88. The number of ether oxygens (including phenoxy) is 2. The molecule has 7 nitrogen and oxygen atoms in total. The number of nitrogens with one attached hydrogen (secondary N) is 1. The zero-order valence-corrected chi connectivity index (χ0v) is 22.9. The van der Waals surface area contributed by atoms with Crippen molar-refractivity contribution >= 4 is 11.6 Å². The molecule has 0 saturated carbocycles. The van der Waals surface area contributed by atoms with E-state index < -0.39 is 0 Å². The van der Waals surface area contributed by atoms with Crippen LogP contribution in [0.3, 0.4) is 0 Å². The number of phenols is 1. The molecule has 0 aliphatic heterocycles. The maximum atomic E-state index is 9.70. The lowest BCUT2D eigenvalue weighted by atomic mass is 9.96. The first-order chi connectivity index (χ1) is 19.4. The second-order valence-corrected chi connectivity index (χ2v) is 10.3. The number of aliphatic hydroxyl groups excluding tert-OH is 1. The van der Waals surface area contributed by atoms with E-state index in [0.717, 1.165) is 40.7 Å². The van der Waals surface area contributed by atoms with E-state index in [1.165, 1.54) is 11.8 Å². The Balaban J connectivity index is 1.41. The van der Waals surface area contributed by atoms with Crippen molar-refractivity contribution in [3.05, 3.63) is 106 Å². The topological polar surface area (TPSA) is 108 Å². The van der Waals surface area contributed by atoms with Crippen molar-refractivity contribution in [2.45, 2.75) is 45.1 Å². The quantitative estimate of drug-likeness (QED) is 0.217. The molecule has 0 amide bonds. The number of aromatic hydroxyl groups is 1. The van der Waals surface area contributed by atoms with Crippen molar-refractivity contribution in [1.82, 2.24) is 10.3 Å². The number of halogens is 1. The Hall–Kier alpha value is -4.09. The Morgan fingerprint density at radius 1 is 1.12 bits per heavy atom. The summed E-state index contributed by atoms with van der Waals surface area (Å²) in [5.41, 5.74) is 6.58. The van der Waals surface area contributed by atoms with Crippen LogP contribution in [0.1, 0.15) is 47.3 Å². The van der Waals surface area contributed by atoms with Gasteiger partial charge in [0.1, 0.15) is 36.0 Å². The minimum atomic E-state index is -0.174. The number of aromatic nitrogens is 1. The standard InChI is InChI=1S/C32H30ClN3O4/c1-20(18-37)36-17-24-12-29(33)32(13-31(24)39-19-22-11-21(14-34)15-35-16-22)40-30-10-9-27-26(3-2-4-28(27)30)23-5-7-25(38)8-6-23/h2-8,11-13,15-16,20,30,36-38H,9-10,17-19H2,1H3/t20-,30+/m1/s1. The normalized spacial score (nSPS) is 14.8. The molecule has 3 N–H and O–H groups in total. The molecule has 204 valence electrons. The number of fused-ring (bicyclic) bond motifs is 1. The van der Waals surface area contributed by atoms with Crippen molar-refractivity contribution in [1.29, 1.82) is 5.26 Å². The molecular formula is C32H30ClN3O4. The second-order valence-electron chi connectivity index (χ2n) is 9.90. The smallest absolute Gasteiger partial charge is 0.142 e. The summed E-state index contributed by atoms with van der Waals surface area (Å²) in [5, 5.41) is 32.1. The number of hydrogen-bond donors (Lipinski definition) is 3. The molecule has 0 saturated heterocycles. The Morgan fingerprint density at radius 2 is 1.95 bits per heavy atom. The average molecular weight is 556 g/mol. The molecule has 1 aliphatic rings. The Labute approximate surface area is 238 Å². The number of phenolic OH excluding ortho intramolecular Hbond substituents is 1. The largest absolute Gasteiger partial charge is 0.508 e. The molecule has 0 unspecified atom stereocenters. The van der Waals surface area contributed by atoms with Crippen molar-refractivity contribution in [2.75, 3.05) is 6.61 Å². The van der Waals surface area contributed by atoms with Crippen molar-refractivity contribution in [3.63, 3.8) is 0 Å². The molecule has 2 atom stereocenters. The van der Waals surface area contributed by atoms with Gasteiger partial charge in [0.25, 0.3) is 0 Å². The van der Waals surface area contributed by atoms with Gasteiger partial charge in [-0.2, -0.15) is 5.26 Å². The first-order valence-corrected chi connectivity index (χ1v) is 13.5. The summed E-state index contributed by atoms with van der Waals surface area (Å²) in [6.07, 6.45) is 4.67. The lowest BCUT2D eigenvalue weighted by Crippen LogP contribution is -2.28. The van der Waals surface area contributed by atoms with Crippen molar-refractivity contribution in [3.8, 4) is 34.4 Å². The van der Waals surface area contributed by atoms with Crippen LogP contribution in [-0.4, -0.2) is 27.8 Å². The lowest BCUT2D eigenvalue weighted by Gasteiger charge is -2.20. The Morgan fingerprint density at radius 3 is 2.73 bits per heavy atom. The number of benzene rings is 3. The van der Waals surface area contributed by atoms with E-state index in [2.05, 4.69) is 28.5 Å². The SMILES string of the molecule is C[C@H](CO)NCc1cc(Cl)c(O[C@H]2CCc3c(-c4ccc(O)cc4)cccc32)cc1OCc1cncc(C#N)c1. The van der Waals surface area contributed by atoms with Gasteiger partial charge in [0.15, 0.2) is 0 Å². The number of aliphatic hydroxyl groups is 1. The highest BCUT2D eigenvalue weighted by molar-refractivity contribution is 6.32. The van der Waals surface area contributed by atoms with Gasteiger partial charge in [-0.25, -0.2) is 0 Å². The second kappa shape index (κ2) is 12.4. The van der Waals surface area contributed by atoms with Crippen molar-refractivity contribution < 1.29 is 19.7 Å². The summed E-state index contributed by atoms with van der Waals surface area (Å²) in [6, 6.07) is 20.8. The summed E-state index contributed by atoms with van der Waals surface area (Å²) in [4.78, 5) is 4.11. The minimum absolute atomic E-state index is 0.00492. The van der Waals surface area contributed by atoms with Gasteiger partial charge in [-0.3, -0.25) is 4.98 Å². The van der Waals surface area contributed by atoms with Gasteiger partial charge in [0.05, 0.1) is 17.2 Å². The molecule has 8 heteroatoms. The molecule has 1 aliphatic carbocycles. The van der Waals surface area contributed by atoms with Crippen LogP contribution in [0.5, 0.6) is 17.2 Å². The Bertz CT molecular complexity index is 1530. The van der Waals surface area contributed by atoms with Crippen LogP contribution in [-0.2, 0) is 19.6 Å². The van der Waals surface area contributed by atoms with Gasteiger partial charge in [0, 0.05) is 42.2 Å². The third kappa shape index (κ3) is 6.21. The molecule has 0 spiro atoms. The molecule has 0 fully saturated rings. The van der Waals surface area contributed by atoms with E-state index in [4.69, 9.17) is 21.1 Å². The van der Waals surface area contributed by atoms with Gasteiger partial charge in [-0.05, 0) is 66.3 Å². The summed E-state index contributed by atoms with van der Waals surface area (Å²) >= 11 is 6.73. The predicted molar refractivity (Wildman–Crippen MR) is 153 cm³/mol. The van der Waals surface area contributed by atoms with Crippen LogP contribution >= 0.6 is 11.6 Å². The summed E-state index contributed by atoms with van der Waals surface area (Å²) in [7, 11) is 0. The number of rotatable bonds is 10. The maximum Gasteiger partial charge on any atom is 0.142 e. The number of nitriles is 1. The zero-order valence-electron chi connectivity index (χ0n) is 22.1. The van der Waals surface area contributed by atoms with E-state index in [0.29, 0.717) is 28.6 Å². The first-order valence-electron chi connectivity index (χ1n) is 13.2. The van der Waals surface area contributed by atoms with Gasteiger partial charge in [0.2, 0.25) is 0 Å². The average Bonchev–Trinajstić information content (AvgIpc) is 3.39. The molecule has 0 radical (unpaired) electrons. The first kappa shape index (κ1) is 27.5. The van der Waals surface area contributed by atoms with Gasteiger partial charge in [-0.1, -0.05) is 41.9 Å². The van der Waals surface area contributed by atoms with E-state index >= 15 is 0 Å². The summed E-state index contributed by atoms with van der Waals surface area (Å²) < 4.78 is 12.7. The lowest BCUT2D eigenvalue weighted by molar-refractivity contribution is 0.205. The molecule has 1 aromatic heterocycles. The van der Waals surface area contributed by atoms with E-state index in [9.17, 15) is 15.5 Å². The fourth-order valence-corrected chi connectivity index (χ4v) is 5.11. The monoisotopic (exact) mass is 555 g/mol. The minimum Gasteiger partial charge on any atom is -0.508 e. The summed E-state index contributed by atoms with van der Waals surface area (Å²) in [6.45, 7) is 2.55. The molecule has 5 rings (SSSR count). The number of nitrogens with zero attached hydrogens (tertiary/aromatic N) is 2. The van der Waals surface area contributed by atoms with Crippen LogP contribution in [0.15, 0.2) is 73.1 Å². The van der Waals surface area contributed by atoms with Gasteiger partial charge in [-0.15, -0.1) is 0 Å². The van der Waals surface area contributed by atoms with Crippen LogP contribution in [0.4, 0.5) is 0 Å². The highest BCUT2D eigenvalue weighted by Crippen LogP contribution is 2.43. The van der Waals surface area contributed by atoms with E-state index in [1.807, 2.05) is 37.3 Å². The molecule has 1 heterocycles. The van der Waals surface area contributed by atoms with E-state index in [1.54, 1.807) is 24.4 Å². The van der Waals surface area contributed by atoms with Crippen LogP contribution in [0, 0.1) is 11.3 Å². The third-order valence-corrected chi connectivity index (χ3v) is 7.31. The third-order valence-electron chi connectivity index (χ3n) is 7.01. The molecule has 4 aromatic rings. The predicted octanol–water partition coefficient (Wildman–Crippen LogP) is 6.09. The molecule has 3 aromatic carbocycles. The van der Waals surface area contributed by atoms with Gasteiger partial charge >= 0.3 is 0 Å². The maximum absolute atomic E-state index is 9.70. The molecule has 40 heavy (non-hydrogen) atoms.